The van der Waals surface area contributed by atoms with Crippen LogP contribution >= 0.6 is 0 Å². The summed E-state index contributed by atoms with van der Waals surface area (Å²) >= 11 is 0. The second-order valence-electron chi connectivity index (χ2n) is 4.91. The number of rotatable bonds is 4. The molecule has 0 radical (unpaired) electrons. The number of aromatic nitrogens is 2. The Kier molecular flexibility index (Phi) is 3.70. The van der Waals surface area contributed by atoms with E-state index in [9.17, 15) is 0 Å². The molecule has 2 N–H and O–H groups in total. The van der Waals surface area contributed by atoms with Crippen molar-refractivity contribution in [3.05, 3.63) is 72.3 Å². The van der Waals surface area contributed by atoms with Gasteiger partial charge in [0, 0.05) is 35.7 Å². The molecule has 0 spiro atoms. The zero-order valence-electron chi connectivity index (χ0n) is 11.2. The number of nitrogens with zero attached hydrogens (tertiary/aromatic N) is 2. The molecule has 0 bridgehead atoms. The van der Waals surface area contributed by atoms with Crippen LogP contribution in [-0.4, -0.2) is 9.97 Å². The maximum atomic E-state index is 6.35. The fourth-order valence-electron chi connectivity index (χ4n) is 2.47. The Morgan fingerprint density at radius 1 is 1.00 bits per heavy atom. The van der Waals surface area contributed by atoms with E-state index in [1.807, 2.05) is 42.9 Å². The molecule has 1 unspecified atom stereocenters. The van der Waals surface area contributed by atoms with Gasteiger partial charge in [-0.2, -0.15) is 0 Å². The first-order chi connectivity index (χ1) is 9.84. The van der Waals surface area contributed by atoms with Crippen LogP contribution in [-0.2, 0) is 6.42 Å². The van der Waals surface area contributed by atoms with Crippen molar-refractivity contribution in [2.75, 3.05) is 0 Å². The van der Waals surface area contributed by atoms with Gasteiger partial charge in [0.25, 0.3) is 0 Å². The summed E-state index contributed by atoms with van der Waals surface area (Å²) < 4.78 is 0. The highest BCUT2D eigenvalue weighted by Crippen LogP contribution is 2.24. The van der Waals surface area contributed by atoms with E-state index in [0.717, 1.165) is 29.5 Å². The molecule has 0 aliphatic rings. The molecule has 0 aliphatic heterocycles. The van der Waals surface area contributed by atoms with E-state index >= 15 is 0 Å². The Bertz CT molecular complexity index is 689. The lowest BCUT2D eigenvalue weighted by Crippen LogP contribution is -2.12. The summed E-state index contributed by atoms with van der Waals surface area (Å²) in [7, 11) is 0. The van der Waals surface area contributed by atoms with Crippen molar-refractivity contribution in [2.24, 2.45) is 5.73 Å². The van der Waals surface area contributed by atoms with E-state index in [4.69, 9.17) is 5.73 Å². The van der Waals surface area contributed by atoms with Crippen LogP contribution in [0.1, 0.15) is 23.7 Å². The predicted octanol–water partition coefficient (Wildman–Crippen LogP) is 3.26. The van der Waals surface area contributed by atoms with Gasteiger partial charge in [-0.25, -0.2) is 0 Å². The molecule has 100 valence electrons. The van der Waals surface area contributed by atoms with Crippen LogP contribution in [0.4, 0.5) is 0 Å². The minimum atomic E-state index is 0.00454. The number of pyridine rings is 2. The zero-order valence-corrected chi connectivity index (χ0v) is 11.2. The molecule has 2 heterocycles. The molecule has 0 saturated carbocycles. The lowest BCUT2D eigenvalue weighted by Gasteiger charge is -2.14. The van der Waals surface area contributed by atoms with Gasteiger partial charge >= 0.3 is 0 Å². The molecule has 0 aliphatic carbocycles. The van der Waals surface area contributed by atoms with E-state index in [-0.39, 0.29) is 6.04 Å². The number of benzene rings is 1. The molecule has 1 atom stereocenters. The Hall–Kier alpha value is -2.26. The van der Waals surface area contributed by atoms with E-state index in [1.165, 1.54) is 5.39 Å². The molecular weight excluding hydrogens is 246 g/mol. The number of aryl methyl sites for hydroxylation is 1. The molecule has 20 heavy (non-hydrogen) atoms. The lowest BCUT2D eigenvalue weighted by molar-refractivity contribution is 0.648. The largest absolute Gasteiger partial charge is 0.324 e. The van der Waals surface area contributed by atoms with Gasteiger partial charge in [0.15, 0.2) is 0 Å². The second-order valence-corrected chi connectivity index (χ2v) is 4.91. The highest BCUT2D eigenvalue weighted by atomic mass is 14.7. The summed E-state index contributed by atoms with van der Waals surface area (Å²) in [5.74, 6) is 0. The van der Waals surface area contributed by atoms with Crippen LogP contribution in [0.15, 0.2) is 61.1 Å². The van der Waals surface area contributed by atoms with Crippen LogP contribution < -0.4 is 5.73 Å². The number of hydrogen-bond acceptors (Lipinski definition) is 3. The topological polar surface area (TPSA) is 51.8 Å². The maximum absolute atomic E-state index is 6.35. The van der Waals surface area contributed by atoms with Crippen LogP contribution in [0.5, 0.6) is 0 Å². The van der Waals surface area contributed by atoms with Crippen LogP contribution in [0.3, 0.4) is 0 Å². The summed E-state index contributed by atoms with van der Waals surface area (Å²) in [6.07, 6.45) is 7.29. The van der Waals surface area contributed by atoms with E-state index in [2.05, 4.69) is 28.2 Å². The van der Waals surface area contributed by atoms with Gasteiger partial charge in [-0.3, -0.25) is 9.97 Å². The van der Waals surface area contributed by atoms with Crippen molar-refractivity contribution in [3.63, 3.8) is 0 Å². The fraction of sp³-hybridized carbons (Fsp3) is 0.176. The van der Waals surface area contributed by atoms with Crippen LogP contribution in [0, 0.1) is 0 Å². The maximum Gasteiger partial charge on any atom is 0.0404 e. The summed E-state index contributed by atoms with van der Waals surface area (Å²) in [4.78, 5) is 8.55. The van der Waals surface area contributed by atoms with Gasteiger partial charge < -0.3 is 5.73 Å². The summed E-state index contributed by atoms with van der Waals surface area (Å²) in [6, 6.07) is 14.2. The molecule has 3 aromatic rings. The van der Waals surface area contributed by atoms with E-state index in [1.54, 1.807) is 0 Å². The first kappa shape index (κ1) is 12.8. The molecule has 2 aromatic heterocycles. The van der Waals surface area contributed by atoms with Crippen LogP contribution in [0.2, 0.25) is 0 Å². The summed E-state index contributed by atoms with van der Waals surface area (Å²) in [5, 5.41) is 2.33. The molecule has 0 fully saturated rings. The van der Waals surface area contributed by atoms with Gasteiger partial charge in [-0.15, -0.1) is 0 Å². The van der Waals surface area contributed by atoms with Crippen molar-refractivity contribution >= 4 is 10.8 Å². The first-order valence-corrected chi connectivity index (χ1v) is 6.83. The third-order valence-electron chi connectivity index (χ3n) is 3.55. The fourth-order valence-corrected chi connectivity index (χ4v) is 2.47. The Morgan fingerprint density at radius 3 is 2.80 bits per heavy atom. The highest BCUT2D eigenvalue weighted by molar-refractivity contribution is 5.85. The molecule has 1 aromatic carbocycles. The Balaban J connectivity index is 1.80. The van der Waals surface area contributed by atoms with Gasteiger partial charge in [0.2, 0.25) is 0 Å². The predicted molar refractivity (Wildman–Crippen MR) is 81.2 cm³/mol. The van der Waals surface area contributed by atoms with Crippen LogP contribution in [0.25, 0.3) is 10.8 Å². The van der Waals surface area contributed by atoms with Crippen molar-refractivity contribution in [1.82, 2.24) is 9.97 Å². The van der Waals surface area contributed by atoms with Crippen molar-refractivity contribution in [3.8, 4) is 0 Å². The average Bonchev–Trinajstić information content (AvgIpc) is 2.53. The van der Waals surface area contributed by atoms with Gasteiger partial charge in [0.05, 0.1) is 0 Å². The second kappa shape index (κ2) is 5.80. The minimum absolute atomic E-state index is 0.00454. The summed E-state index contributed by atoms with van der Waals surface area (Å²) in [5.41, 5.74) is 8.60. The lowest BCUT2D eigenvalue weighted by atomic mass is 9.97. The van der Waals surface area contributed by atoms with Gasteiger partial charge in [0.1, 0.15) is 0 Å². The van der Waals surface area contributed by atoms with E-state index in [0.29, 0.717) is 0 Å². The van der Waals surface area contributed by atoms with Gasteiger partial charge in [-0.05, 0) is 42.0 Å². The Labute approximate surface area is 118 Å². The average molecular weight is 263 g/mol. The standard InChI is InChI=1S/C17H17N3/c18-17(8-7-14-5-1-2-10-20-14)15-6-3-4-13-9-11-19-12-16(13)15/h1-6,9-12,17H,7-8,18H2. The third-order valence-corrected chi connectivity index (χ3v) is 3.55. The number of fused-ring (bicyclic) bond motifs is 1. The quantitative estimate of drug-likeness (QED) is 0.786. The SMILES string of the molecule is NC(CCc1ccccn1)c1cccc2ccncc12. The van der Waals surface area contributed by atoms with E-state index < -0.39 is 0 Å². The highest BCUT2D eigenvalue weighted by Gasteiger charge is 2.10. The number of nitrogens with two attached hydrogens (primary N) is 1. The van der Waals surface area contributed by atoms with Crippen molar-refractivity contribution in [1.29, 1.82) is 0 Å². The smallest absolute Gasteiger partial charge is 0.0404 e. The normalized spacial score (nSPS) is 12.4. The van der Waals surface area contributed by atoms with Gasteiger partial charge in [-0.1, -0.05) is 24.3 Å². The molecule has 0 saturated heterocycles. The first-order valence-electron chi connectivity index (χ1n) is 6.83. The molecule has 3 rings (SSSR count). The van der Waals surface area contributed by atoms with Crippen molar-refractivity contribution < 1.29 is 0 Å². The number of hydrogen-bond donors (Lipinski definition) is 1. The molecule has 0 amide bonds. The van der Waals surface area contributed by atoms with Crippen molar-refractivity contribution in [2.45, 2.75) is 18.9 Å². The Morgan fingerprint density at radius 2 is 1.95 bits per heavy atom. The molecular formula is C17H17N3. The minimum Gasteiger partial charge on any atom is -0.324 e. The zero-order chi connectivity index (χ0) is 13.8. The molecule has 3 nitrogen and oxygen atoms in total. The monoisotopic (exact) mass is 263 g/mol. The third kappa shape index (κ3) is 2.68. The summed E-state index contributed by atoms with van der Waals surface area (Å²) in [6.45, 7) is 0. The molecule has 3 heteroatoms.